The van der Waals surface area contributed by atoms with Gasteiger partial charge in [-0.25, -0.2) is 0 Å². The van der Waals surface area contributed by atoms with Crippen LogP contribution in [0.4, 0.5) is 0 Å². The topological polar surface area (TPSA) is 68.9 Å². The predicted octanol–water partition coefficient (Wildman–Crippen LogP) is 1.13. The summed E-state index contributed by atoms with van der Waals surface area (Å²) in [4.78, 5) is 4.21. The van der Waals surface area contributed by atoms with Crippen molar-refractivity contribution in [2.45, 2.75) is 32.6 Å². The molecule has 0 radical (unpaired) electrons. The van der Waals surface area contributed by atoms with Crippen LogP contribution in [0.5, 0.6) is 0 Å². The average Bonchev–Trinajstić information content (AvgIpc) is 2.33. The number of guanidine groups is 1. The zero-order chi connectivity index (χ0) is 12.8. The summed E-state index contributed by atoms with van der Waals surface area (Å²) in [7, 11) is 1.73. The van der Waals surface area contributed by atoms with Gasteiger partial charge in [0.25, 0.3) is 0 Å². The number of hydrogen-bond acceptors (Lipinski definition) is 3. The van der Waals surface area contributed by atoms with Crippen LogP contribution in [0.3, 0.4) is 0 Å². The van der Waals surface area contributed by atoms with E-state index in [1.54, 1.807) is 7.11 Å². The summed E-state index contributed by atoms with van der Waals surface area (Å²) in [5.41, 5.74) is 5.70. The monoisotopic (exact) mass is 245 g/mol. The smallest absolute Gasteiger partial charge is 0.188 e. The summed E-state index contributed by atoms with van der Waals surface area (Å²) in [5.74, 6) is 0.535. The van der Waals surface area contributed by atoms with E-state index in [4.69, 9.17) is 15.2 Å². The Balaban J connectivity index is 3.26. The summed E-state index contributed by atoms with van der Waals surface area (Å²) < 4.78 is 10.2. The molecule has 3 N–H and O–H groups in total. The fourth-order valence-electron chi connectivity index (χ4n) is 1.33. The lowest BCUT2D eigenvalue weighted by molar-refractivity contribution is 0.146. The van der Waals surface area contributed by atoms with Gasteiger partial charge in [0, 0.05) is 40.0 Å². The van der Waals surface area contributed by atoms with Crippen molar-refractivity contribution in [1.82, 2.24) is 5.32 Å². The molecular formula is C12H27N3O2. The zero-order valence-electron chi connectivity index (χ0n) is 11.2. The summed E-state index contributed by atoms with van der Waals surface area (Å²) in [6, 6.07) is 0. The molecule has 0 aromatic heterocycles. The third kappa shape index (κ3) is 13.1. The first kappa shape index (κ1) is 16.2. The Morgan fingerprint density at radius 3 is 2.71 bits per heavy atom. The van der Waals surface area contributed by atoms with Gasteiger partial charge in [0.2, 0.25) is 0 Å². The quantitative estimate of drug-likeness (QED) is 0.325. The van der Waals surface area contributed by atoms with Gasteiger partial charge in [-0.1, -0.05) is 0 Å². The van der Waals surface area contributed by atoms with Crippen LogP contribution in [0.2, 0.25) is 0 Å². The largest absolute Gasteiger partial charge is 0.385 e. The van der Waals surface area contributed by atoms with Crippen molar-refractivity contribution in [2.24, 2.45) is 10.7 Å². The van der Waals surface area contributed by atoms with Gasteiger partial charge in [0.05, 0.1) is 0 Å². The van der Waals surface area contributed by atoms with E-state index in [0.29, 0.717) is 5.96 Å². The Labute approximate surface area is 105 Å². The van der Waals surface area contributed by atoms with Gasteiger partial charge in [0.15, 0.2) is 5.96 Å². The molecule has 0 rings (SSSR count). The Kier molecular flexibility index (Phi) is 12.6. The normalized spacial score (nSPS) is 11.8. The van der Waals surface area contributed by atoms with Gasteiger partial charge < -0.3 is 20.5 Å². The highest BCUT2D eigenvalue weighted by atomic mass is 16.5. The molecule has 0 saturated heterocycles. The van der Waals surface area contributed by atoms with Crippen molar-refractivity contribution in [2.75, 3.05) is 40.0 Å². The van der Waals surface area contributed by atoms with E-state index in [2.05, 4.69) is 10.3 Å². The lowest BCUT2D eigenvalue weighted by Crippen LogP contribution is -2.32. The average molecular weight is 245 g/mol. The minimum Gasteiger partial charge on any atom is -0.385 e. The molecule has 0 spiro atoms. The summed E-state index contributed by atoms with van der Waals surface area (Å²) in [6.45, 7) is 5.94. The number of methoxy groups -OCH3 is 1. The molecule has 0 aliphatic carbocycles. The van der Waals surface area contributed by atoms with Crippen LogP contribution in [-0.4, -0.2) is 46.0 Å². The van der Waals surface area contributed by atoms with E-state index in [1.807, 2.05) is 6.92 Å². The summed E-state index contributed by atoms with van der Waals surface area (Å²) >= 11 is 0. The van der Waals surface area contributed by atoms with E-state index in [-0.39, 0.29) is 0 Å². The van der Waals surface area contributed by atoms with E-state index in [0.717, 1.165) is 58.6 Å². The number of rotatable bonds is 11. The second-order valence-electron chi connectivity index (χ2n) is 3.80. The van der Waals surface area contributed by atoms with Gasteiger partial charge in [-0.3, -0.25) is 4.99 Å². The van der Waals surface area contributed by atoms with Crippen LogP contribution < -0.4 is 11.1 Å². The fraction of sp³-hybridized carbons (Fsp3) is 0.917. The highest BCUT2D eigenvalue weighted by Gasteiger charge is 1.92. The number of unbranched alkanes of at least 4 members (excludes halogenated alkanes) is 2. The predicted molar refractivity (Wildman–Crippen MR) is 71.3 cm³/mol. The van der Waals surface area contributed by atoms with Gasteiger partial charge in [-0.05, 0) is 32.6 Å². The van der Waals surface area contributed by atoms with Crippen molar-refractivity contribution < 1.29 is 9.47 Å². The SMILES string of the molecule is CCOCCCN=C(N)NCCCCCOC. The molecule has 0 fully saturated rings. The lowest BCUT2D eigenvalue weighted by Gasteiger charge is -2.05. The van der Waals surface area contributed by atoms with E-state index >= 15 is 0 Å². The molecule has 0 aromatic rings. The van der Waals surface area contributed by atoms with Crippen molar-refractivity contribution >= 4 is 5.96 Å². The molecule has 0 saturated carbocycles. The van der Waals surface area contributed by atoms with Crippen molar-refractivity contribution in [3.63, 3.8) is 0 Å². The molecule has 5 heteroatoms. The second-order valence-corrected chi connectivity index (χ2v) is 3.80. The summed E-state index contributed by atoms with van der Waals surface area (Å²) in [5, 5.41) is 3.10. The highest BCUT2D eigenvalue weighted by Crippen LogP contribution is 1.93. The molecule has 0 atom stereocenters. The van der Waals surface area contributed by atoms with Gasteiger partial charge in [-0.2, -0.15) is 0 Å². The van der Waals surface area contributed by atoms with Gasteiger partial charge in [-0.15, -0.1) is 0 Å². The van der Waals surface area contributed by atoms with E-state index in [9.17, 15) is 0 Å². The van der Waals surface area contributed by atoms with Crippen LogP contribution in [0.25, 0.3) is 0 Å². The minimum absolute atomic E-state index is 0.535. The molecule has 5 nitrogen and oxygen atoms in total. The van der Waals surface area contributed by atoms with E-state index in [1.165, 1.54) is 0 Å². The molecule has 0 bridgehead atoms. The van der Waals surface area contributed by atoms with Crippen LogP contribution in [0.15, 0.2) is 4.99 Å². The van der Waals surface area contributed by atoms with Gasteiger partial charge >= 0.3 is 0 Å². The maximum Gasteiger partial charge on any atom is 0.188 e. The molecule has 17 heavy (non-hydrogen) atoms. The Morgan fingerprint density at radius 1 is 1.18 bits per heavy atom. The van der Waals surface area contributed by atoms with Crippen molar-refractivity contribution in [3.8, 4) is 0 Å². The number of nitrogens with two attached hydrogens (primary N) is 1. The van der Waals surface area contributed by atoms with Crippen LogP contribution in [0.1, 0.15) is 32.6 Å². The lowest BCUT2D eigenvalue weighted by atomic mass is 10.2. The Morgan fingerprint density at radius 2 is 2.00 bits per heavy atom. The maximum absolute atomic E-state index is 5.70. The van der Waals surface area contributed by atoms with Crippen LogP contribution in [-0.2, 0) is 9.47 Å². The molecular weight excluding hydrogens is 218 g/mol. The minimum atomic E-state index is 0.535. The number of nitrogens with one attached hydrogen (secondary N) is 1. The van der Waals surface area contributed by atoms with Crippen LogP contribution >= 0.6 is 0 Å². The highest BCUT2D eigenvalue weighted by molar-refractivity contribution is 5.77. The van der Waals surface area contributed by atoms with Gasteiger partial charge in [0.1, 0.15) is 0 Å². The number of aliphatic imine (C=N–C) groups is 1. The first-order valence-electron chi connectivity index (χ1n) is 6.41. The summed E-state index contributed by atoms with van der Waals surface area (Å²) in [6.07, 6.45) is 4.27. The first-order valence-corrected chi connectivity index (χ1v) is 6.41. The molecule has 0 aliphatic heterocycles. The van der Waals surface area contributed by atoms with Crippen molar-refractivity contribution in [1.29, 1.82) is 0 Å². The molecule has 0 amide bonds. The number of hydrogen-bond donors (Lipinski definition) is 2. The molecule has 102 valence electrons. The third-order valence-electron chi connectivity index (χ3n) is 2.26. The number of nitrogens with zero attached hydrogens (tertiary/aromatic N) is 1. The molecule has 0 heterocycles. The molecule has 0 aliphatic rings. The molecule has 0 unspecified atom stereocenters. The standard InChI is InChI=1S/C12H27N3O2/c1-3-17-11-7-9-15-12(13)14-8-5-4-6-10-16-2/h3-11H2,1-2H3,(H3,13,14,15). The second kappa shape index (κ2) is 13.3. The Bertz CT molecular complexity index is 187. The molecule has 0 aromatic carbocycles. The Hall–Kier alpha value is -0.810. The number of ether oxygens (including phenoxy) is 2. The first-order chi connectivity index (χ1) is 8.31. The van der Waals surface area contributed by atoms with E-state index < -0.39 is 0 Å². The third-order valence-corrected chi connectivity index (χ3v) is 2.26. The van der Waals surface area contributed by atoms with Crippen LogP contribution in [0, 0.1) is 0 Å². The maximum atomic E-state index is 5.70. The fourth-order valence-corrected chi connectivity index (χ4v) is 1.33. The zero-order valence-corrected chi connectivity index (χ0v) is 11.2. The van der Waals surface area contributed by atoms with Crippen molar-refractivity contribution in [3.05, 3.63) is 0 Å².